The van der Waals surface area contributed by atoms with E-state index in [4.69, 9.17) is 4.74 Å². The zero-order valence-corrected chi connectivity index (χ0v) is 5.76. The summed E-state index contributed by atoms with van der Waals surface area (Å²) >= 11 is 0. The zero-order chi connectivity index (χ0) is 6.85. The fourth-order valence-corrected chi connectivity index (χ4v) is 0.858. The minimum absolute atomic E-state index is 0.0845. The SMILES string of the molecule is CC1OCCN(C)C1=O. The van der Waals surface area contributed by atoms with Gasteiger partial charge < -0.3 is 9.64 Å². The van der Waals surface area contributed by atoms with Gasteiger partial charge in [0.2, 0.25) is 0 Å². The molecule has 1 unspecified atom stereocenters. The molecule has 0 radical (unpaired) electrons. The number of rotatable bonds is 0. The first-order valence-corrected chi connectivity index (χ1v) is 3.08. The third-order valence-corrected chi connectivity index (χ3v) is 1.52. The van der Waals surface area contributed by atoms with Crippen molar-refractivity contribution in [1.82, 2.24) is 4.90 Å². The van der Waals surface area contributed by atoms with E-state index in [1.807, 2.05) is 0 Å². The third kappa shape index (κ3) is 1.21. The lowest BCUT2D eigenvalue weighted by Gasteiger charge is -2.26. The molecule has 1 heterocycles. The van der Waals surface area contributed by atoms with Gasteiger partial charge in [0.15, 0.2) is 0 Å². The Morgan fingerprint density at radius 3 is 2.89 bits per heavy atom. The Labute approximate surface area is 54.6 Å². The van der Waals surface area contributed by atoms with Crippen molar-refractivity contribution in [3.8, 4) is 0 Å². The van der Waals surface area contributed by atoms with Crippen molar-refractivity contribution in [2.45, 2.75) is 13.0 Å². The lowest BCUT2D eigenvalue weighted by Crippen LogP contribution is -2.43. The molecule has 0 spiro atoms. The van der Waals surface area contributed by atoms with Gasteiger partial charge in [0.25, 0.3) is 5.91 Å². The Balaban J connectivity index is 2.52. The van der Waals surface area contributed by atoms with Crippen molar-refractivity contribution in [2.75, 3.05) is 20.2 Å². The molecular formula is C6H11NO2. The van der Waals surface area contributed by atoms with Crippen LogP contribution < -0.4 is 0 Å². The van der Waals surface area contributed by atoms with Crippen LogP contribution in [0.15, 0.2) is 0 Å². The van der Waals surface area contributed by atoms with Crippen LogP contribution in [0.3, 0.4) is 0 Å². The Bertz CT molecular complexity index is 112. The van der Waals surface area contributed by atoms with Crippen molar-refractivity contribution in [1.29, 1.82) is 0 Å². The molecule has 0 aromatic carbocycles. The minimum atomic E-state index is -0.233. The standard InChI is InChI=1S/C6H11NO2/c1-5-6(8)7(2)3-4-9-5/h5H,3-4H2,1-2H3. The lowest BCUT2D eigenvalue weighted by molar-refractivity contribution is -0.149. The molecule has 0 saturated carbocycles. The summed E-state index contributed by atoms with van der Waals surface area (Å²) in [4.78, 5) is 12.6. The van der Waals surface area contributed by atoms with Gasteiger partial charge in [-0.15, -0.1) is 0 Å². The molecule has 1 fully saturated rings. The molecule has 3 heteroatoms. The number of carbonyl (C=O) groups excluding carboxylic acids is 1. The molecule has 1 amide bonds. The van der Waals surface area contributed by atoms with Crippen LogP contribution in [0.1, 0.15) is 6.92 Å². The normalized spacial score (nSPS) is 28.9. The average Bonchev–Trinajstić information content (AvgIpc) is 1.83. The first-order chi connectivity index (χ1) is 4.22. The van der Waals surface area contributed by atoms with Crippen molar-refractivity contribution in [2.24, 2.45) is 0 Å². The van der Waals surface area contributed by atoms with Crippen molar-refractivity contribution < 1.29 is 9.53 Å². The van der Waals surface area contributed by atoms with Gasteiger partial charge in [0.05, 0.1) is 6.61 Å². The van der Waals surface area contributed by atoms with Crippen LogP contribution in [-0.2, 0) is 9.53 Å². The predicted octanol–water partition coefficient (Wildman–Crippen LogP) is -0.137. The molecule has 0 bridgehead atoms. The number of nitrogens with zero attached hydrogens (tertiary/aromatic N) is 1. The Morgan fingerprint density at radius 1 is 1.78 bits per heavy atom. The monoisotopic (exact) mass is 129 g/mol. The summed E-state index contributed by atoms with van der Waals surface area (Å²) in [6.07, 6.45) is -0.233. The van der Waals surface area contributed by atoms with Crippen LogP contribution in [-0.4, -0.2) is 37.1 Å². The first kappa shape index (κ1) is 6.55. The number of hydrogen-bond acceptors (Lipinski definition) is 2. The Hall–Kier alpha value is -0.570. The Morgan fingerprint density at radius 2 is 2.44 bits per heavy atom. The minimum Gasteiger partial charge on any atom is -0.367 e. The number of amides is 1. The van der Waals surface area contributed by atoms with E-state index in [9.17, 15) is 4.79 Å². The van der Waals surface area contributed by atoms with Crippen LogP contribution >= 0.6 is 0 Å². The summed E-state index contributed by atoms with van der Waals surface area (Å²) in [5.41, 5.74) is 0. The molecule has 9 heavy (non-hydrogen) atoms. The lowest BCUT2D eigenvalue weighted by atomic mass is 10.3. The molecule has 0 N–H and O–H groups in total. The van der Waals surface area contributed by atoms with E-state index in [1.54, 1.807) is 18.9 Å². The van der Waals surface area contributed by atoms with Gasteiger partial charge in [-0.1, -0.05) is 0 Å². The number of hydrogen-bond donors (Lipinski definition) is 0. The van der Waals surface area contributed by atoms with E-state index in [-0.39, 0.29) is 12.0 Å². The average molecular weight is 129 g/mol. The number of carbonyl (C=O) groups is 1. The summed E-state index contributed by atoms with van der Waals surface area (Å²) in [6.45, 7) is 3.17. The number of likely N-dealkylation sites (N-methyl/N-ethyl adjacent to an activating group) is 1. The first-order valence-electron chi connectivity index (χ1n) is 3.08. The summed E-state index contributed by atoms with van der Waals surface area (Å²) in [6, 6.07) is 0. The summed E-state index contributed by atoms with van der Waals surface area (Å²) < 4.78 is 5.07. The van der Waals surface area contributed by atoms with Gasteiger partial charge in [0, 0.05) is 13.6 Å². The molecule has 0 aromatic heterocycles. The van der Waals surface area contributed by atoms with Gasteiger partial charge in [-0.2, -0.15) is 0 Å². The van der Waals surface area contributed by atoms with E-state index in [0.29, 0.717) is 6.61 Å². The molecule has 1 rings (SSSR count). The second-order valence-electron chi connectivity index (χ2n) is 2.27. The van der Waals surface area contributed by atoms with Gasteiger partial charge in [-0.3, -0.25) is 4.79 Å². The van der Waals surface area contributed by atoms with Gasteiger partial charge in [-0.05, 0) is 6.92 Å². The smallest absolute Gasteiger partial charge is 0.251 e. The highest BCUT2D eigenvalue weighted by Crippen LogP contribution is 2.02. The quantitative estimate of drug-likeness (QED) is 0.455. The maximum Gasteiger partial charge on any atom is 0.251 e. The second-order valence-corrected chi connectivity index (χ2v) is 2.27. The molecule has 0 aromatic rings. The van der Waals surface area contributed by atoms with Gasteiger partial charge in [-0.25, -0.2) is 0 Å². The van der Waals surface area contributed by atoms with Gasteiger partial charge >= 0.3 is 0 Å². The predicted molar refractivity (Wildman–Crippen MR) is 33.1 cm³/mol. The van der Waals surface area contributed by atoms with Crippen molar-refractivity contribution >= 4 is 5.91 Å². The van der Waals surface area contributed by atoms with E-state index in [2.05, 4.69) is 0 Å². The Kier molecular flexibility index (Phi) is 1.71. The van der Waals surface area contributed by atoms with Crippen LogP contribution in [0.5, 0.6) is 0 Å². The highest BCUT2D eigenvalue weighted by molar-refractivity contribution is 5.80. The largest absolute Gasteiger partial charge is 0.367 e. The molecule has 1 atom stereocenters. The summed E-state index contributed by atoms with van der Waals surface area (Å²) in [5.74, 6) is 0.0845. The van der Waals surface area contributed by atoms with Crippen LogP contribution in [0.4, 0.5) is 0 Å². The molecular weight excluding hydrogens is 118 g/mol. The number of ether oxygens (including phenoxy) is 1. The summed E-state index contributed by atoms with van der Waals surface area (Å²) in [7, 11) is 1.79. The molecule has 52 valence electrons. The van der Waals surface area contributed by atoms with E-state index < -0.39 is 0 Å². The third-order valence-electron chi connectivity index (χ3n) is 1.52. The second kappa shape index (κ2) is 2.35. The fraction of sp³-hybridized carbons (Fsp3) is 0.833. The van der Waals surface area contributed by atoms with Crippen LogP contribution in [0.2, 0.25) is 0 Å². The zero-order valence-electron chi connectivity index (χ0n) is 5.76. The van der Waals surface area contributed by atoms with E-state index in [1.165, 1.54) is 0 Å². The fourth-order valence-electron chi connectivity index (χ4n) is 0.858. The maximum absolute atomic E-state index is 10.9. The molecule has 1 saturated heterocycles. The highest BCUT2D eigenvalue weighted by Gasteiger charge is 2.21. The van der Waals surface area contributed by atoms with Gasteiger partial charge in [0.1, 0.15) is 6.10 Å². The maximum atomic E-state index is 10.9. The molecule has 0 aliphatic carbocycles. The molecule has 1 aliphatic rings. The van der Waals surface area contributed by atoms with E-state index in [0.717, 1.165) is 6.54 Å². The molecule has 3 nitrogen and oxygen atoms in total. The van der Waals surface area contributed by atoms with Crippen LogP contribution in [0, 0.1) is 0 Å². The van der Waals surface area contributed by atoms with Crippen molar-refractivity contribution in [3.63, 3.8) is 0 Å². The van der Waals surface area contributed by atoms with Crippen molar-refractivity contribution in [3.05, 3.63) is 0 Å². The summed E-state index contributed by atoms with van der Waals surface area (Å²) in [5, 5.41) is 0. The highest BCUT2D eigenvalue weighted by atomic mass is 16.5. The van der Waals surface area contributed by atoms with E-state index >= 15 is 0 Å². The topological polar surface area (TPSA) is 29.5 Å². The van der Waals surface area contributed by atoms with Crippen LogP contribution in [0.25, 0.3) is 0 Å². The number of morpholine rings is 1. The molecule has 1 aliphatic heterocycles.